The second-order valence-electron chi connectivity index (χ2n) is 5.81. The molecule has 1 aromatic rings. The molecule has 1 rings (SSSR count). The molecule has 0 bridgehead atoms. The van der Waals surface area contributed by atoms with Crippen LogP contribution in [0.3, 0.4) is 0 Å². The maximum atomic E-state index is 11.8. The van der Waals surface area contributed by atoms with Crippen LogP contribution in [-0.2, 0) is 4.74 Å². The molecule has 0 atom stereocenters. The van der Waals surface area contributed by atoms with Gasteiger partial charge in [0.15, 0.2) is 5.69 Å². The van der Waals surface area contributed by atoms with E-state index >= 15 is 0 Å². The second-order valence-corrected chi connectivity index (χ2v) is 5.81. The van der Waals surface area contributed by atoms with Crippen molar-refractivity contribution in [2.24, 2.45) is 0 Å². The Balaban J connectivity index is 2.60. The van der Waals surface area contributed by atoms with E-state index in [-0.39, 0.29) is 17.4 Å². The molecule has 3 N–H and O–H groups in total. The predicted octanol–water partition coefficient (Wildman–Crippen LogP) is 1.35. The van der Waals surface area contributed by atoms with Crippen LogP contribution in [0.5, 0.6) is 11.8 Å². The minimum absolute atomic E-state index is 0.222. The second kappa shape index (κ2) is 7.70. The normalized spacial score (nSPS) is 10.9. The number of ether oxygens (including phenoxy) is 3. The van der Waals surface area contributed by atoms with Crippen LogP contribution in [0.4, 0.5) is 16.4 Å². The Bertz CT molecular complexity index is 519. The van der Waals surface area contributed by atoms with Gasteiger partial charge in [0.05, 0.1) is 14.2 Å². The zero-order valence-electron chi connectivity index (χ0n) is 14.5. The first kappa shape index (κ1) is 18.6. The smallest absolute Gasteiger partial charge is 0.410 e. The molecule has 0 aliphatic heterocycles. The quantitative estimate of drug-likeness (QED) is 0.805. The van der Waals surface area contributed by atoms with E-state index < -0.39 is 11.7 Å². The number of nitrogens with one attached hydrogen (secondary N) is 1. The lowest BCUT2D eigenvalue weighted by Crippen LogP contribution is -2.36. The van der Waals surface area contributed by atoms with E-state index in [1.165, 1.54) is 19.1 Å². The number of amides is 1. The number of hydrogen-bond donors (Lipinski definition) is 2. The number of hydrogen-bond acceptors (Lipinski definition) is 8. The summed E-state index contributed by atoms with van der Waals surface area (Å²) >= 11 is 0. The molecule has 0 aromatic carbocycles. The minimum Gasteiger partial charge on any atom is -0.479 e. The molecule has 0 aliphatic carbocycles. The third kappa shape index (κ3) is 5.68. The van der Waals surface area contributed by atoms with Crippen LogP contribution in [0, 0.1) is 0 Å². The highest BCUT2D eigenvalue weighted by Crippen LogP contribution is 2.28. The van der Waals surface area contributed by atoms with Gasteiger partial charge in [0.25, 0.3) is 0 Å². The van der Waals surface area contributed by atoms with E-state index in [0.717, 1.165) is 0 Å². The molecule has 1 aromatic heterocycles. The Morgan fingerprint density at radius 2 is 1.74 bits per heavy atom. The third-order valence-corrected chi connectivity index (χ3v) is 2.70. The molecule has 0 saturated carbocycles. The molecule has 0 saturated heterocycles. The largest absolute Gasteiger partial charge is 0.479 e. The average Bonchev–Trinajstić information content (AvgIpc) is 2.46. The summed E-state index contributed by atoms with van der Waals surface area (Å²) in [6.45, 7) is 6.28. The standard InChI is InChI=1S/C14H25N5O4/c1-14(2,3)23-13(20)19(4)8-7-16-12-17-10(21-5)9(15)11(18-12)22-6/h7-8,15H2,1-6H3,(H,16,17,18). The summed E-state index contributed by atoms with van der Waals surface area (Å²) in [6.07, 6.45) is -0.396. The van der Waals surface area contributed by atoms with E-state index in [1.807, 2.05) is 20.8 Å². The van der Waals surface area contributed by atoms with Crippen molar-refractivity contribution in [3.8, 4) is 11.8 Å². The number of likely N-dealkylation sites (N-methyl/N-ethyl adjacent to an activating group) is 1. The number of nitrogens with zero attached hydrogens (tertiary/aromatic N) is 3. The van der Waals surface area contributed by atoms with Crippen molar-refractivity contribution in [2.75, 3.05) is 45.4 Å². The molecule has 0 unspecified atom stereocenters. The number of nitrogen functional groups attached to an aromatic ring is 1. The predicted molar refractivity (Wildman–Crippen MR) is 86.9 cm³/mol. The van der Waals surface area contributed by atoms with Crippen LogP contribution in [0.2, 0.25) is 0 Å². The number of aromatic nitrogens is 2. The van der Waals surface area contributed by atoms with E-state index in [4.69, 9.17) is 19.9 Å². The van der Waals surface area contributed by atoms with Crippen molar-refractivity contribution < 1.29 is 19.0 Å². The lowest BCUT2D eigenvalue weighted by atomic mass is 10.2. The van der Waals surface area contributed by atoms with Gasteiger partial charge in [-0.3, -0.25) is 0 Å². The average molecular weight is 327 g/mol. The zero-order valence-corrected chi connectivity index (χ0v) is 14.5. The minimum atomic E-state index is -0.528. The highest BCUT2D eigenvalue weighted by Gasteiger charge is 2.19. The van der Waals surface area contributed by atoms with Gasteiger partial charge in [-0.15, -0.1) is 0 Å². The van der Waals surface area contributed by atoms with Crippen LogP contribution in [-0.4, -0.2) is 60.9 Å². The molecule has 9 heteroatoms. The summed E-state index contributed by atoms with van der Waals surface area (Å²) < 4.78 is 15.4. The van der Waals surface area contributed by atoms with E-state index in [1.54, 1.807) is 7.05 Å². The molecule has 23 heavy (non-hydrogen) atoms. The SMILES string of the molecule is COc1nc(NCCN(C)C(=O)OC(C)(C)C)nc(OC)c1N. The summed E-state index contributed by atoms with van der Waals surface area (Å²) in [4.78, 5) is 21.5. The highest BCUT2D eigenvalue weighted by atomic mass is 16.6. The van der Waals surface area contributed by atoms with Crippen LogP contribution < -0.4 is 20.5 Å². The summed E-state index contributed by atoms with van der Waals surface area (Å²) in [5.74, 6) is 0.741. The molecule has 0 aliphatic rings. The van der Waals surface area contributed by atoms with Crippen molar-refractivity contribution in [2.45, 2.75) is 26.4 Å². The number of nitrogens with two attached hydrogens (primary N) is 1. The molecule has 1 heterocycles. The summed E-state index contributed by atoms with van der Waals surface area (Å²) in [7, 11) is 4.57. The van der Waals surface area contributed by atoms with Gasteiger partial charge in [0.1, 0.15) is 5.60 Å². The molecular formula is C14H25N5O4. The fourth-order valence-corrected chi connectivity index (χ4v) is 1.59. The lowest BCUT2D eigenvalue weighted by molar-refractivity contribution is 0.0305. The number of anilines is 2. The monoisotopic (exact) mass is 327 g/mol. The van der Waals surface area contributed by atoms with Crippen LogP contribution in [0.25, 0.3) is 0 Å². The summed E-state index contributed by atoms with van der Waals surface area (Å²) in [5, 5.41) is 2.98. The van der Waals surface area contributed by atoms with Crippen LogP contribution >= 0.6 is 0 Å². The zero-order chi connectivity index (χ0) is 17.6. The molecule has 0 spiro atoms. The molecule has 0 radical (unpaired) electrons. The summed E-state index contributed by atoms with van der Waals surface area (Å²) in [5.41, 5.74) is 5.48. The van der Waals surface area contributed by atoms with Crippen molar-refractivity contribution in [3.63, 3.8) is 0 Å². The summed E-state index contributed by atoms with van der Waals surface area (Å²) in [6, 6.07) is 0. The Morgan fingerprint density at radius 1 is 1.22 bits per heavy atom. The highest BCUT2D eigenvalue weighted by molar-refractivity contribution is 5.67. The van der Waals surface area contributed by atoms with Crippen molar-refractivity contribution in [1.29, 1.82) is 0 Å². The van der Waals surface area contributed by atoms with E-state index in [9.17, 15) is 4.79 Å². The topological polar surface area (TPSA) is 112 Å². The van der Waals surface area contributed by atoms with Crippen LogP contribution in [0.15, 0.2) is 0 Å². The number of methoxy groups -OCH3 is 2. The van der Waals surface area contributed by atoms with Gasteiger partial charge in [-0.1, -0.05) is 0 Å². The molecule has 130 valence electrons. The van der Waals surface area contributed by atoms with Crippen molar-refractivity contribution in [3.05, 3.63) is 0 Å². The number of carbonyl (C=O) groups excluding carboxylic acids is 1. The first-order valence-corrected chi connectivity index (χ1v) is 7.11. The van der Waals surface area contributed by atoms with Gasteiger partial charge in [0, 0.05) is 20.1 Å². The van der Waals surface area contributed by atoms with Gasteiger partial charge >= 0.3 is 6.09 Å². The van der Waals surface area contributed by atoms with E-state index in [0.29, 0.717) is 19.0 Å². The molecular weight excluding hydrogens is 302 g/mol. The van der Waals surface area contributed by atoms with E-state index in [2.05, 4.69) is 15.3 Å². The lowest BCUT2D eigenvalue weighted by Gasteiger charge is -2.24. The third-order valence-electron chi connectivity index (χ3n) is 2.70. The Hall–Kier alpha value is -2.45. The van der Waals surface area contributed by atoms with Gasteiger partial charge in [-0.2, -0.15) is 9.97 Å². The van der Waals surface area contributed by atoms with Crippen LogP contribution in [0.1, 0.15) is 20.8 Å². The fourth-order valence-electron chi connectivity index (χ4n) is 1.59. The first-order chi connectivity index (χ1) is 10.7. The van der Waals surface area contributed by atoms with Crippen molar-refractivity contribution >= 4 is 17.7 Å². The maximum absolute atomic E-state index is 11.8. The Labute approximate surface area is 136 Å². The first-order valence-electron chi connectivity index (χ1n) is 7.11. The number of carbonyl (C=O) groups is 1. The number of rotatable bonds is 6. The molecule has 1 amide bonds. The van der Waals surface area contributed by atoms with Gasteiger partial charge < -0.3 is 30.2 Å². The fraction of sp³-hybridized carbons (Fsp3) is 0.643. The van der Waals surface area contributed by atoms with Gasteiger partial charge in [-0.05, 0) is 20.8 Å². The molecule has 0 fully saturated rings. The Kier molecular flexibility index (Phi) is 6.23. The van der Waals surface area contributed by atoms with Crippen molar-refractivity contribution in [1.82, 2.24) is 14.9 Å². The Morgan fingerprint density at radius 3 is 2.17 bits per heavy atom. The van der Waals surface area contributed by atoms with Gasteiger partial charge in [-0.25, -0.2) is 4.79 Å². The molecule has 9 nitrogen and oxygen atoms in total. The maximum Gasteiger partial charge on any atom is 0.410 e. The van der Waals surface area contributed by atoms with Gasteiger partial charge in [0.2, 0.25) is 17.7 Å².